The number of nitrogens with one attached hydrogen (secondary N) is 2. The molecule has 1 aromatic heterocycles. The van der Waals surface area contributed by atoms with Gasteiger partial charge in [-0.1, -0.05) is 54.6 Å². The molecule has 0 aliphatic heterocycles. The Morgan fingerprint density at radius 2 is 1.73 bits per heavy atom. The molecule has 0 atom stereocenters. The van der Waals surface area contributed by atoms with Gasteiger partial charge in [0.25, 0.3) is 5.91 Å². The summed E-state index contributed by atoms with van der Waals surface area (Å²) in [5.41, 5.74) is 4.91. The summed E-state index contributed by atoms with van der Waals surface area (Å²) in [7, 11) is 0. The second kappa shape index (κ2) is 8.81. The van der Waals surface area contributed by atoms with Gasteiger partial charge in [0.15, 0.2) is 0 Å². The highest BCUT2D eigenvalue weighted by Crippen LogP contribution is 2.09. The number of carbonyl (C=O) groups excluding carboxylic acids is 1. The molecule has 2 N–H and O–H groups in total. The molecule has 0 saturated heterocycles. The Morgan fingerprint density at radius 3 is 2.46 bits per heavy atom. The second-order valence-electron chi connectivity index (χ2n) is 6.20. The highest BCUT2D eigenvalue weighted by molar-refractivity contribution is 5.92. The summed E-state index contributed by atoms with van der Waals surface area (Å²) in [6.07, 6.45) is 2.65. The van der Waals surface area contributed by atoms with Crippen LogP contribution in [0.1, 0.15) is 27.2 Å². The topological polar surface area (TPSA) is 54.0 Å². The van der Waals surface area contributed by atoms with Crippen LogP contribution >= 0.6 is 0 Å². The standard InChI is InChI=1S/C22H23N3O/c1-17-7-5-6-10-19(17)15-25-22(26)21-12-11-20(16-24-21)23-14-13-18-8-3-2-4-9-18/h2-12,16,23H,13-15H2,1H3,(H,25,26). The minimum Gasteiger partial charge on any atom is -0.383 e. The summed E-state index contributed by atoms with van der Waals surface area (Å²) in [6, 6.07) is 22.0. The van der Waals surface area contributed by atoms with Gasteiger partial charge < -0.3 is 10.6 Å². The summed E-state index contributed by atoms with van der Waals surface area (Å²) < 4.78 is 0. The first-order chi connectivity index (χ1) is 12.7. The minimum absolute atomic E-state index is 0.163. The zero-order valence-corrected chi connectivity index (χ0v) is 14.9. The summed E-state index contributed by atoms with van der Waals surface area (Å²) in [6.45, 7) is 3.37. The van der Waals surface area contributed by atoms with Crippen molar-refractivity contribution in [1.29, 1.82) is 0 Å². The third-order valence-electron chi connectivity index (χ3n) is 4.28. The summed E-state index contributed by atoms with van der Waals surface area (Å²) >= 11 is 0. The van der Waals surface area contributed by atoms with Crippen LogP contribution in [0.3, 0.4) is 0 Å². The fourth-order valence-corrected chi connectivity index (χ4v) is 2.70. The third-order valence-corrected chi connectivity index (χ3v) is 4.28. The smallest absolute Gasteiger partial charge is 0.270 e. The summed E-state index contributed by atoms with van der Waals surface area (Å²) in [5.74, 6) is -0.163. The van der Waals surface area contributed by atoms with E-state index in [9.17, 15) is 4.79 Å². The normalized spacial score (nSPS) is 10.3. The Morgan fingerprint density at radius 1 is 0.962 bits per heavy atom. The van der Waals surface area contributed by atoms with Crippen molar-refractivity contribution in [1.82, 2.24) is 10.3 Å². The maximum Gasteiger partial charge on any atom is 0.270 e. The fraction of sp³-hybridized carbons (Fsp3) is 0.182. The molecule has 132 valence electrons. The molecular weight excluding hydrogens is 322 g/mol. The van der Waals surface area contributed by atoms with Crippen LogP contribution < -0.4 is 10.6 Å². The number of rotatable bonds is 7. The summed E-state index contributed by atoms with van der Waals surface area (Å²) in [4.78, 5) is 16.5. The van der Waals surface area contributed by atoms with E-state index in [1.807, 2.05) is 55.5 Å². The third kappa shape index (κ3) is 4.93. The van der Waals surface area contributed by atoms with Gasteiger partial charge in [-0.25, -0.2) is 4.98 Å². The number of hydrogen-bond donors (Lipinski definition) is 2. The molecule has 0 spiro atoms. The van der Waals surface area contributed by atoms with E-state index < -0.39 is 0 Å². The van der Waals surface area contributed by atoms with Crippen molar-refractivity contribution in [2.75, 3.05) is 11.9 Å². The Bertz CT molecular complexity index is 845. The molecule has 2 aromatic carbocycles. The monoisotopic (exact) mass is 345 g/mol. The molecule has 26 heavy (non-hydrogen) atoms. The number of benzene rings is 2. The lowest BCUT2D eigenvalue weighted by molar-refractivity contribution is 0.0946. The van der Waals surface area contributed by atoms with Crippen molar-refractivity contribution >= 4 is 11.6 Å². The number of amides is 1. The Labute approximate surface area is 154 Å². The predicted octanol–water partition coefficient (Wildman–Crippen LogP) is 3.97. The second-order valence-corrected chi connectivity index (χ2v) is 6.20. The van der Waals surface area contributed by atoms with Crippen LogP contribution in [0.5, 0.6) is 0 Å². The average molecular weight is 345 g/mol. The first-order valence-electron chi connectivity index (χ1n) is 8.79. The molecule has 0 saturated carbocycles. The predicted molar refractivity (Wildman–Crippen MR) is 105 cm³/mol. The van der Waals surface area contributed by atoms with Crippen molar-refractivity contribution in [3.63, 3.8) is 0 Å². The van der Waals surface area contributed by atoms with Gasteiger partial charge in [-0.3, -0.25) is 4.79 Å². The number of anilines is 1. The maximum atomic E-state index is 12.2. The Kier molecular flexibility index (Phi) is 5.99. The lowest BCUT2D eigenvalue weighted by atomic mass is 10.1. The first-order valence-corrected chi connectivity index (χ1v) is 8.79. The molecule has 0 aliphatic rings. The van der Waals surface area contributed by atoms with Crippen LogP contribution in [0, 0.1) is 6.92 Å². The van der Waals surface area contributed by atoms with Crippen molar-refractivity contribution in [2.24, 2.45) is 0 Å². The van der Waals surface area contributed by atoms with Crippen LogP contribution in [-0.4, -0.2) is 17.4 Å². The van der Waals surface area contributed by atoms with Gasteiger partial charge in [0, 0.05) is 13.1 Å². The van der Waals surface area contributed by atoms with Gasteiger partial charge in [-0.2, -0.15) is 0 Å². The van der Waals surface area contributed by atoms with Gasteiger partial charge in [0.1, 0.15) is 5.69 Å². The molecule has 4 nitrogen and oxygen atoms in total. The van der Waals surface area contributed by atoms with Gasteiger partial charge >= 0.3 is 0 Å². The van der Waals surface area contributed by atoms with Gasteiger partial charge in [0.05, 0.1) is 11.9 Å². The van der Waals surface area contributed by atoms with Crippen LogP contribution in [0.2, 0.25) is 0 Å². The van der Waals surface area contributed by atoms with Gasteiger partial charge in [0.2, 0.25) is 0 Å². The van der Waals surface area contributed by atoms with E-state index in [2.05, 4.69) is 27.8 Å². The average Bonchev–Trinajstić information content (AvgIpc) is 2.68. The van der Waals surface area contributed by atoms with Crippen molar-refractivity contribution in [2.45, 2.75) is 19.9 Å². The van der Waals surface area contributed by atoms with E-state index in [1.54, 1.807) is 12.3 Å². The molecule has 3 rings (SSSR count). The molecular formula is C22H23N3O. The number of carbonyl (C=O) groups is 1. The lowest BCUT2D eigenvalue weighted by Gasteiger charge is -2.09. The van der Waals surface area contributed by atoms with Gasteiger partial charge in [-0.15, -0.1) is 0 Å². The fourth-order valence-electron chi connectivity index (χ4n) is 2.70. The van der Waals surface area contributed by atoms with Crippen LogP contribution in [0.15, 0.2) is 72.9 Å². The number of pyridine rings is 1. The van der Waals surface area contributed by atoms with Crippen molar-refractivity contribution in [3.8, 4) is 0 Å². The molecule has 1 heterocycles. The van der Waals surface area contributed by atoms with Crippen molar-refractivity contribution in [3.05, 3.63) is 95.3 Å². The van der Waals surface area contributed by atoms with E-state index in [0.29, 0.717) is 12.2 Å². The van der Waals surface area contributed by atoms with E-state index in [4.69, 9.17) is 0 Å². The number of aryl methyl sites for hydroxylation is 1. The van der Waals surface area contributed by atoms with E-state index >= 15 is 0 Å². The van der Waals surface area contributed by atoms with Crippen LogP contribution in [0.4, 0.5) is 5.69 Å². The maximum absolute atomic E-state index is 12.2. The molecule has 4 heteroatoms. The first kappa shape index (κ1) is 17.7. The van der Waals surface area contributed by atoms with E-state index in [0.717, 1.165) is 24.2 Å². The molecule has 3 aromatic rings. The molecule has 0 bridgehead atoms. The molecule has 0 unspecified atom stereocenters. The zero-order valence-electron chi connectivity index (χ0n) is 14.9. The lowest BCUT2D eigenvalue weighted by Crippen LogP contribution is -2.24. The highest BCUT2D eigenvalue weighted by atomic mass is 16.1. The Hall–Kier alpha value is -3.14. The molecule has 0 radical (unpaired) electrons. The molecule has 1 amide bonds. The SMILES string of the molecule is Cc1ccccc1CNC(=O)c1ccc(NCCc2ccccc2)cn1. The van der Waals surface area contributed by atoms with Crippen molar-refractivity contribution < 1.29 is 4.79 Å². The largest absolute Gasteiger partial charge is 0.383 e. The van der Waals surface area contributed by atoms with Gasteiger partial charge in [-0.05, 0) is 42.2 Å². The zero-order chi connectivity index (χ0) is 18.2. The van der Waals surface area contributed by atoms with E-state index in [-0.39, 0.29) is 5.91 Å². The van der Waals surface area contributed by atoms with Crippen LogP contribution in [0.25, 0.3) is 0 Å². The van der Waals surface area contributed by atoms with E-state index in [1.165, 1.54) is 11.1 Å². The molecule has 0 fully saturated rings. The quantitative estimate of drug-likeness (QED) is 0.681. The number of aromatic nitrogens is 1. The van der Waals surface area contributed by atoms with Crippen LogP contribution in [-0.2, 0) is 13.0 Å². The highest BCUT2D eigenvalue weighted by Gasteiger charge is 2.07. The number of nitrogens with zero attached hydrogens (tertiary/aromatic N) is 1. The summed E-state index contributed by atoms with van der Waals surface area (Å²) in [5, 5.41) is 6.25. The molecule has 0 aliphatic carbocycles. The Balaban J connectivity index is 1.49. The number of hydrogen-bond acceptors (Lipinski definition) is 3. The minimum atomic E-state index is -0.163.